The lowest BCUT2D eigenvalue weighted by molar-refractivity contribution is 0.176. The van der Waals surface area contributed by atoms with Crippen LogP contribution in [0.1, 0.15) is 18.1 Å². The van der Waals surface area contributed by atoms with Crippen molar-refractivity contribution < 1.29 is 9.84 Å². The van der Waals surface area contributed by atoms with Crippen molar-refractivity contribution in [2.45, 2.75) is 12.5 Å². The largest absolute Gasteiger partial charge is 0.387 e. The van der Waals surface area contributed by atoms with Crippen molar-refractivity contribution in [1.82, 2.24) is 10.2 Å². The fourth-order valence-corrected chi connectivity index (χ4v) is 2.80. The zero-order chi connectivity index (χ0) is 15.9. The SMILES string of the molecule is CN=C(NCC(O)c1cccc(Cl)c1)N(C)CC1CCOC1. The summed E-state index contributed by atoms with van der Waals surface area (Å²) < 4.78 is 5.40. The average Bonchev–Trinajstić information content (AvgIpc) is 3.00. The molecular formula is C16H24ClN3O2. The number of guanidine groups is 1. The predicted molar refractivity (Wildman–Crippen MR) is 89.3 cm³/mol. The molecule has 2 rings (SSSR count). The van der Waals surface area contributed by atoms with Crippen molar-refractivity contribution >= 4 is 17.6 Å². The fraction of sp³-hybridized carbons (Fsp3) is 0.562. The number of aliphatic hydroxyl groups is 1. The van der Waals surface area contributed by atoms with Gasteiger partial charge in [0.1, 0.15) is 0 Å². The van der Waals surface area contributed by atoms with Gasteiger partial charge in [-0.2, -0.15) is 0 Å². The standard InChI is InChI=1S/C16H24ClN3O2/c1-18-16(20(2)10-12-6-7-22-11-12)19-9-15(21)13-4-3-5-14(17)8-13/h3-5,8,12,15,21H,6-7,9-11H2,1-2H3,(H,18,19). The molecule has 1 aliphatic heterocycles. The number of hydrogen-bond donors (Lipinski definition) is 2. The van der Waals surface area contributed by atoms with E-state index >= 15 is 0 Å². The Bertz CT molecular complexity index is 504. The first-order chi connectivity index (χ1) is 10.6. The first-order valence-corrected chi connectivity index (χ1v) is 7.91. The van der Waals surface area contributed by atoms with E-state index in [-0.39, 0.29) is 0 Å². The molecule has 1 saturated heterocycles. The third-order valence-corrected chi connectivity index (χ3v) is 4.05. The number of aliphatic imine (C=N–C) groups is 1. The van der Waals surface area contributed by atoms with Crippen LogP contribution in [0.25, 0.3) is 0 Å². The van der Waals surface area contributed by atoms with E-state index in [2.05, 4.69) is 15.2 Å². The molecule has 1 aromatic rings. The lowest BCUT2D eigenvalue weighted by Gasteiger charge is -2.25. The quantitative estimate of drug-likeness (QED) is 0.641. The third-order valence-electron chi connectivity index (χ3n) is 3.82. The highest BCUT2D eigenvalue weighted by atomic mass is 35.5. The maximum atomic E-state index is 10.2. The van der Waals surface area contributed by atoms with Gasteiger partial charge >= 0.3 is 0 Å². The Labute approximate surface area is 136 Å². The van der Waals surface area contributed by atoms with Gasteiger partial charge < -0.3 is 20.1 Å². The maximum Gasteiger partial charge on any atom is 0.193 e. The molecule has 5 nitrogen and oxygen atoms in total. The summed E-state index contributed by atoms with van der Waals surface area (Å²) in [5, 5.41) is 14.1. The molecule has 0 bridgehead atoms. The molecule has 122 valence electrons. The van der Waals surface area contributed by atoms with Crippen LogP contribution in [0.5, 0.6) is 0 Å². The fourth-order valence-electron chi connectivity index (χ4n) is 2.61. The topological polar surface area (TPSA) is 57.1 Å². The van der Waals surface area contributed by atoms with Crippen LogP contribution in [-0.4, -0.2) is 56.4 Å². The second-order valence-electron chi connectivity index (χ2n) is 5.61. The van der Waals surface area contributed by atoms with Crippen molar-refractivity contribution in [3.05, 3.63) is 34.9 Å². The number of benzene rings is 1. The molecule has 1 heterocycles. The molecule has 2 unspecified atom stereocenters. The molecule has 1 aromatic carbocycles. The van der Waals surface area contributed by atoms with Gasteiger partial charge in [-0.25, -0.2) is 0 Å². The van der Waals surface area contributed by atoms with Gasteiger partial charge in [0.2, 0.25) is 0 Å². The van der Waals surface area contributed by atoms with E-state index in [1.165, 1.54) is 0 Å². The zero-order valence-corrected chi connectivity index (χ0v) is 13.9. The van der Waals surface area contributed by atoms with E-state index in [4.69, 9.17) is 16.3 Å². The maximum absolute atomic E-state index is 10.2. The second-order valence-corrected chi connectivity index (χ2v) is 6.05. The lowest BCUT2D eigenvalue weighted by atomic mass is 10.1. The van der Waals surface area contributed by atoms with Crippen LogP contribution in [-0.2, 0) is 4.74 Å². The van der Waals surface area contributed by atoms with Crippen molar-refractivity contribution in [2.75, 3.05) is 40.4 Å². The Morgan fingerprint density at radius 1 is 1.59 bits per heavy atom. The summed E-state index contributed by atoms with van der Waals surface area (Å²) in [6.07, 6.45) is 0.464. The summed E-state index contributed by atoms with van der Waals surface area (Å²) in [5.41, 5.74) is 0.794. The average molecular weight is 326 g/mol. The molecule has 0 aromatic heterocycles. The molecule has 0 aliphatic carbocycles. The Morgan fingerprint density at radius 2 is 2.41 bits per heavy atom. The molecule has 0 spiro atoms. The number of hydrogen-bond acceptors (Lipinski definition) is 3. The molecule has 2 N–H and O–H groups in total. The minimum Gasteiger partial charge on any atom is -0.387 e. The highest BCUT2D eigenvalue weighted by Gasteiger charge is 2.19. The van der Waals surface area contributed by atoms with Gasteiger partial charge in [0.25, 0.3) is 0 Å². The molecule has 1 fully saturated rings. The molecule has 0 saturated carbocycles. The summed E-state index contributed by atoms with van der Waals surface area (Å²) in [6, 6.07) is 7.26. The monoisotopic (exact) mass is 325 g/mol. The molecule has 1 aliphatic rings. The van der Waals surface area contributed by atoms with Crippen molar-refractivity contribution in [3.8, 4) is 0 Å². The highest BCUT2D eigenvalue weighted by Crippen LogP contribution is 2.17. The zero-order valence-electron chi connectivity index (χ0n) is 13.1. The molecular weight excluding hydrogens is 302 g/mol. The van der Waals surface area contributed by atoms with Gasteiger partial charge in [-0.1, -0.05) is 23.7 Å². The van der Waals surface area contributed by atoms with E-state index in [9.17, 15) is 5.11 Å². The first kappa shape index (κ1) is 17.1. The minimum absolute atomic E-state index is 0.387. The number of ether oxygens (including phenoxy) is 1. The number of nitrogens with one attached hydrogen (secondary N) is 1. The molecule has 0 amide bonds. The van der Waals surface area contributed by atoms with Crippen LogP contribution >= 0.6 is 11.6 Å². The van der Waals surface area contributed by atoms with Crippen LogP contribution < -0.4 is 5.32 Å². The third kappa shape index (κ3) is 4.87. The van der Waals surface area contributed by atoms with E-state index < -0.39 is 6.10 Å². The summed E-state index contributed by atoms with van der Waals surface area (Å²) in [4.78, 5) is 6.34. The molecule has 22 heavy (non-hydrogen) atoms. The van der Waals surface area contributed by atoms with Gasteiger partial charge in [-0.15, -0.1) is 0 Å². The van der Waals surface area contributed by atoms with E-state index in [1.54, 1.807) is 19.2 Å². The summed E-state index contributed by atoms with van der Waals surface area (Å²) in [5.74, 6) is 1.31. The number of nitrogens with zero attached hydrogens (tertiary/aromatic N) is 2. The van der Waals surface area contributed by atoms with E-state index in [0.29, 0.717) is 17.5 Å². The summed E-state index contributed by atoms with van der Waals surface area (Å²) >= 11 is 5.95. The Balaban J connectivity index is 1.84. The summed E-state index contributed by atoms with van der Waals surface area (Å²) in [7, 11) is 3.75. The smallest absolute Gasteiger partial charge is 0.193 e. The summed E-state index contributed by atoms with van der Waals surface area (Å²) in [6.45, 7) is 2.94. The Hall–Kier alpha value is -1.30. The van der Waals surface area contributed by atoms with Crippen LogP contribution in [0.4, 0.5) is 0 Å². The number of rotatable bonds is 5. The van der Waals surface area contributed by atoms with Crippen LogP contribution in [0.2, 0.25) is 5.02 Å². The lowest BCUT2D eigenvalue weighted by Crippen LogP contribution is -2.42. The molecule has 6 heteroatoms. The van der Waals surface area contributed by atoms with Crippen molar-refractivity contribution in [1.29, 1.82) is 0 Å². The van der Waals surface area contributed by atoms with Gasteiger partial charge in [0, 0.05) is 44.7 Å². The van der Waals surface area contributed by atoms with E-state index in [1.807, 2.05) is 19.2 Å². The number of halogens is 1. The van der Waals surface area contributed by atoms with Gasteiger partial charge in [-0.05, 0) is 24.1 Å². The van der Waals surface area contributed by atoms with Gasteiger partial charge in [-0.3, -0.25) is 4.99 Å². The number of aliphatic hydroxyl groups excluding tert-OH is 1. The Morgan fingerprint density at radius 3 is 3.05 bits per heavy atom. The second kappa shape index (κ2) is 8.36. The van der Waals surface area contributed by atoms with Crippen molar-refractivity contribution in [2.24, 2.45) is 10.9 Å². The molecule has 0 radical (unpaired) electrons. The van der Waals surface area contributed by atoms with Gasteiger partial charge in [0.05, 0.1) is 12.7 Å². The minimum atomic E-state index is -0.626. The van der Waals surface area contributed by atoms with Gasteiger partial charge in [0.15, 0.2) is 5.96 Å². The van der Waals surface area contributed by atoms with Crippen molar-refractivity contribution in [3.63, 3.8) is 0 Å². The Kier molecular flexibility index (Phi) is 6.49. The van der Waals surface area contributed by atoms with Crippen LogP contribution in [0.15, 0.2) is 29.3 Å². The van der Waals surface area contributed by atoms with E-state index in [0.717, 1.165) is 37.7 Å². The first-order valence-electron chi connectivity index (χ1n) is 7.53. The predicted octanol–water partition coefficient (Wildman–Crippen LogP) is 1.92. The molecule has 2 atom stereocenters. The van der Waals surface area contributed by atoms with Crippen LogP contribution in [0.3, 0.4) is 0 Å². The highest BCUT2D eigenvalue weighted by molar-refractivity contribution is 6.30. The van der Waals surface area contributed by atoms with Crippen LogP contribution in [0, 0.1) is 5.92 Å². The normalized spacial score (nSPS) is 20.0.